The van der Waals surface area contributed by atoms with Gasteiger partial charge in [0.05, 0.1) is 6.42 Å². The van der Waals surface area contributed by atoms with E-state index >= 15 is 0 Å². The van der Waals surface area contributed by atoms with E-state index in [2.05, 4.69) is 15.9 Å². The smallest absolute Gasteiger partial charge is 0.307 e. The number of carbonyl (C=O) groups is 1. The Kier molecular flexibility index (Phi) is 3.48. The highest BCUT2D eigenvalue weighted by Gasteiger charge is 2.09. The highest BCUT2D eigenvalue weighted by atomic mass is 79.9. The number of carboxylic acid groups (broad SMARTS) is 1. The zero-order chi connectivity index (χ0) is 9.84. The first-order chi connectivity index (χ1) is 6.11. The summed E-state index contributed by atoms with van der Waals surface area (Å²) < 4.78 is 0. The van der Waals surface area contributed by atoms with Crippen molar-refractivity contribution in [2.45, 2.75) is 18.2 Å². The molecule has 0 radical (unpaired) electrons. The molecule has 0 amide bonds. The number of halogens is 1. The first-order valence-corrected chi connectivity index (χ1v) is 4.96. The standard InChI is InChI=1S/C10H11BrO2/c1-7(11)9-5-3-2-4-8(9)6-10(12)13/h2-5,7H,6H2,1H3,(H,12,13). The average Bonchev–Trinajstić information content (AvgIpc) is 2.03. The summed E-state index contributed by atoms with van der Waals surface area (Å²) in [4.78, 5) is 10.7. The van der Waals surface area contributed by atoms with Crippen LogP contribution in [0.25, 0.3) is 0 Å². The molecule has 0 aliphatic heterocycles. The summed E-state index contributed by atoms with van der Waals surface area (Å²) in [5.41, 5.74) is 1.92. The second-order valence-electron chi connectivity index (χ2n) is 2.89. The minimum Gasteiger partial charge on any atom is -0.481 e. The lowest BCUT2D eigenvalue weighted by molar-refractivity contribution is -0.136. The summed E-state index contributed by atoms with van der Waals surface area (Å²) in [5, 5.41) is 8.66. The number of rotatable bonds is 3. The minimum absolute atomic E-state index is 0.0894. The maximum Gasteiger partial charge on any atom is 0.307 e. The van der Waals surface area contributed by atoms with Gasteiger partial charge in [0, 0.05) is 4.83 Å². The Balaban J connectivity index is 2.97. The van der Waals surface area contributed by atoms with Crippen molar-refractivity contribution in [3.63, 3.8) is 0 Å². The molecule has 1 aromatic rings. The molecule has 1 atom stereocenters. The maximum atomic E-state index is 10.5. The monoisotopic (exact) mass is 242 g/mol. The summed E-state index contributed by atoms with van der Waals surface area (Å²) in [6, 6.07) is 7.56. The zero-order valence-corrected chi connectivity index (χ0v) is 8.91. The molecule has 0 aromatic heterocycles. The first-order valence-electron chi connectivity index (χ1n) is 4.05. The van der Waals surface area contributed by atoms with Crippen molar-refractivity contribution < 1.29 is 9.90 Å². The Morgan fingerprint density at radius 2 is 2.15 bits per heavy atom. The van der Waals surface area contributed by atoms with Crippen LogP contribution in [-0.4, -0.2) is 11.1 Å². The van der Waals surface area contributed by atoms with Crippen LogP contribution < -0.4 is 0 Å². The normalized spacial score (nSPS) is 12.5. The predicted molar refractivity (Wildman–Crippen MR) is 55.1 cm³/mol. The average molecular weight is 243 g/mol. The second-order valence-corrected chi connectivity index (χ2v) is 4.26. The van der Waals surface area contributed by atoms with Crippen molar-refractivity contribution in [1.29, 1.82) is 0 Å². The summed E-state index contributed by atoms with van der Waals surface area (Å²) in [7, 11) is 0. The highest BCUT2D eigenvalue weighted by Crippen LogP contribution is 2.25. The van der Waals surface area contributed by atoms with Gasteiger partial charge in [0.1, 0.15) is 0 Å². The van der Waals surface area contributed by atoms with E-state index in [0.717, 1.165) is 11.1 Å². The van der Waals surface area contributed by atoms with Crippen molar-refractivity contribution >= 4 is 21.9 Å². The van der Waals surface area contributed by atoms with Gasteiger partial charge in [-0.05, 0) is 18.1 Å². The minimum atomic E-state index is -0.791. The van der Waals surface area contributed by atoms with Crippen LogP contribution in [0.3, 0.4) is 0 Å². The van der Waals surface area contributed by atoms with E-state index < -0.39 is 5.97 Å². The van der Waals surface area contributed by atoms with Crippen LogP contribution in [0, 0.1) is 0 Å². The molecule has 70 valence electrons. The van der Waals surface area contributed by atoms with Crippen LogP contribution in [0.5, 0.6) is 0 Å². The highest BCUT2D eigenvalue weighted by molar-refractivity contribution is 9.09. The molecule has 0 aliphatic rings. The summed E-state index contributed by atoms with van der Waals surface area (Å²) in [5.74, 6) is -0.791. The van der Waals surface area contributed by atoms with Crippen LogP contribution in [0.4, 0.5) is 0 Å². The molecule has 0 aliphatic carbocycles. The van der Waals surface area contributed by atoms with E-state index in [0.29, 0.717) is 0 Å². The largest absolute Gasteiger partial charge is 0.481 e. The molecule has 1 N–H and O–H groups in total. The molecule has 1 rings (SSSR count). The van der Waals surface area contributed by atoms with Gasteiger partial charge in [-0.1, -0.05) is 40.2 Å². The lowest BCUT2D eigenvalue weighted by Gasteiger charge is -2.08. The van der Waals surface area contributed by atoms with Gasteiger partial charge in [0.25, 0.3) is 0 Å². The van der Waals surface area contributed by atoms with Crippen molar-refractivity contribution in [3.05, 3.63) is 35.4 Å². The van der Waals surface area contributed by atoms with Crippen LogP contribution in [0.15, 0.2) is 24.3 Å². The van der Waals surface area contributed by atoms with Crippen molar-refractivity contribution in [2.75, 3.05) is 0 Å². The molecule has 0 fully saturated rings. The van der Waals surface area contributed by atoms with E-state index in [-0.39, 0.29) is 11.2 Å². The predicted octanol–water partition coefficient (Wildman–Crippen LogP) is 2.77. The van der Waals surface area contributed by atoms with Gasteiger partial charge in [-0.2, -0.15) is 0 Å². The third-order valence-electron chi connectivity index (χ3n) is 1.83. The third-order valence-corrected chi connectivity index (χ3v) is 2.32. The first kappa shape index (κ1) is 10.3. The molecule has 13 heavy (non-hydrogen) atoms. The summed E-state index contributed by atoms with van der Waals surface area (Å²) in [6.07, 6.45) is 0.0894. The molecule has 0 heterocycles. The van der Waals surface area contributed by atoms with Gasteiger partial charge in [-0.3, -0.25) is 4.79 Å². The fourth-order valence-electron chi connectivity index (χ4n) is 1.25. The van der Waals surface area contributed by atoms with Crippen molar-refractivity contribution in [2.24, 2.45) is 0 Å². The molecule has 1 unspecified atom stereocenters. The Bertz CT molecular complexity index is 308. The summed E-state index contributed by atoms with van der Waals surface area (Å²) >= 11 is 3.43. The number of hydrogen-bond acceptors (Lipinski definition) is 1. The second kappa shape index (κ2) is 4.42. The maximum absolute atomic E-state index is 10.5. The SMILES string of the molecule is CC(Br)c1ccccc1CC(=O)O. The number of hydrogen-bond donors (Lipinski definition) is 1. The van der Waals surface area contributed by atoms with E-state index in [1.165, 1.54) is 0 Å². The lowest BCUT2D eigenvalue weighted by atomic mass is 10.0. The Morgan fingerprint density at radius 1 is 1.54 bits per heavy atom. The van der Waals surface area contributed by atoms with Crippen LogP contribution >= 0.6 is 15.9 Å². The fraction of sp³-hybridized carbons (Fsp3) is 0.300. The van der Waals surface area contributed by atoms with E-state index in [1.54, 1.807) is 0 Å². The quantitative estimate of drug-likeness (QED) is 0.829. The number of carboxylic acids is 1. The van der Waals surface area contributed by atoms with Gasteiger partial charge in [-0.25, -0.2) is 0 Å². The molecular weight excluding hydrogens is 232 g/mol. The molecule has 0 saturated carbocycles. The van der Waals surface area contributed by atoms with Gasteiger partial charge in [0.15, 0.2) is 0 Å². The van der Waals surface area contributed by atoms with Gasteiger partial charge < -0.3 is 5.11 Å². The van der Waals surface area contributed by atoms with Crippen LogP contribution in [-0.2, 0) is 11.2 Å². The van der Waals surface area contributed by atoms with E-state index in [9.17, 15) is 4.79 Å². The Hall–Kier alpha value is -0.830. The lowest BCUT2D eigenvalue weighted by Crippen LogP contribution is -2.03. The van der Waals surface area contributed by atoms with Gasteiger partial charge >= 0.3 is 5.97 Å². The Morgan fingerprint density at radius 3 is 2.69 bits per heavy atom. The molecule has 0 saturated heterocycles. The van der Waals surface area contributed by atoms with Crippen LogP contribution in [0.2, 0.25) is 0 Å². The molecule has 2 nitrogen and oxygen atoms in total. The van der Waals surface area contributed by atoms with E-state index in [4.69, 9.17) is 5.11 Å². The van der Waals surface area contributed by atoms with E-state index in [1.807, 2.05) is 31.2 Å². The third kappa shape index (κ3) is 2.84. The molecule has 1 aromatic carbocycles. The topological polar surface area (TPSA) is 37.3 Å². The number of benzene rings is 1. The zero-order valence-electron chi connectivity index (χ0n) is 7.33. The molecule has 3 heteroatoms. The number of alkyl halides is 1. The van der Waals surface area contributed by atoms with Crippen molar-refractivity contribution in [3.8, 4) is 0 Å². The van der Waals surface area contributed by atoms with Gasteiger partial charge in [0.2, 0.25) is 0 Å². The molecule has 0 bridgehead atoms. The number of aliphatic carboxylic acids is 1. The fourth-order valence-corrected chi connectivity index (χ4v) is 1.69. The molecule has 0 spiro atoms. The Labute approximate surface area is 85.7 Å². The van der Waals surface area contributed by atoms with Gasteiger partial charge in [-0.15, -0.1) is 0 Å². The van der Waals surface area contributed by atoms with Crippen LogP contribution in [0.1, 0.15) is 22.9 Å². The molecular formula is C10H11BrO2. The van der Waals surface area contributed by atoms with Crippen molar-refractivity contribution in [1.82, 2.24) is 0 Å². The summed E-state index contributed by atoms with van der Waals surface area (Å²) in [6.45, 7) is 1.99.